The Morgan fingerprint density at radius 2 is 2.42 bits per heavy atom. The molecule has 2 saturated heterocycles. The molecule has 0 aromatic heterocycles. The molecule has 2 fully saturated rings. The smallest absolute Gasteiger partial charge is 0.306 e. The van der Waals surface area contributed by atoms with Crippen LogP contribution in [0.4, 0.5) is 0 Å². The van der Waals surface area contributed by atoms with Crippen LogP contribution in [0.3, 0.4) is 0 Å². The van der Waals surface area contributed by atoms with Crippen molar-refractivity contribution < 1.29 is 14.3 Å². The molecular weight excluding hydrogens is 156 g/mol. The Hall–Kier alpha value is -0.570. The number of rotatable bonds is 0. The average molecular weight is 170 g/mol. The van der Waals surface area contributed by atoms with Crippen LogP contribution in [-0.2, 0) is 14.3 Å². The van der Waals surface area contributed by atoms with Crippen molar-refractivity contribution in [2.24, 2.45) is 0 Å². The second kappa shape index (κ2) is 2.73. The lowest BCUT2D eigenvalue weighted by molar-refractivity contribution is -0.202. The zero-order chi connectivity index (χ0) is 8.60. The SMILES string of the molecule is C[C@]12CCC(=O)O[C@H]1CCCO2. The number of hydrogen-bond acceptors (Lipinski definition) is 3. The maximum Gasteiger partial charge on any atom is 0.306 e. The van der Waals surface area contributed by atoms with Crippen LogP contribution in [-0.4, -0.2) is 24.3 Å². The highest BCUT2D eigenvalue weighted by atomic mass is 16.6. The Balaban J connectivity index is 2.11. The predicted molar refractivity (Wildman–Crippen MR) is 42.7 cm³/mol. The first-order valence-electron chi connectivity index (χ1n) is 4.54. The van der Waals surface area contributed by atoms with E-state index in [-0.39, 0.29) is 17.7 Å². The Bertz CT molecular complexity index is 202. The number of carbonyl (C=O) groups excluding carboxylic acids is 1. The summed E-state index contributed by atoms with van der Waals surface area (Å²) in [4.78, 5) is 11.0. The largest absolute Gasteiger partial charge is 0.459 e. The van der Waals surface area contributed by atoms with Crippen molar-refractivity contribution in [2.45, 2.75) is 44.3 Å². The van der Waals surface area contributed by atoms with Gasteiger partial charge in [-0.05, 0) is 26.2 Å². The monoisotopic (exact) mass is 170 g/mol. The zero-order valence-electron chi connectivity index (χ0n) is 7.34. The molecular formula is C9H14O3. The summed E-state index contributed by atoms with van der Waals surface area (Å²) in [5, 5.41) is 0. The van der Waals surface area contributed by atoms with Gasteiger partial charge in [0, 0.05) is 13.0 Å². The fraction of sp³-hybridized carbons (Fsp3) is 0.889. The van der Waals surface area contributed by atoms with E-state index in [4.69, 9.17) is 9.47 Å². The Labute approximate surface area is 72.0 Å². The summed E-state index contributed by atoms with van der Waals surface area (Å²) in [5.74, 6) is -0.0667. The van der Waals surface area contributed by atoms with E-state index in [2.05, 4.69) is 0 Å². The Morgan fingerprint density at radius 3 is 3.25 bits per heavy atom. The maximum atomic E-state index is 11.0. The molecule has 0 radical (unpaired) electrons. The third kappa shape index (κ3) is 1.22. The molecule has 0 aromatic rings. The molecule has 0 aromatic carbocycles. The third-order valence-corrected chi connectivity index (χ3v) is 2.82. The van der Waals surface area contributed by atoms with Crippen molar-refractivity contribution in [1.29, 1.82) is 0 Å². The van der Waals surface area contributed by atoms with Crippen LogP contribution in [0.25, 0.3) is 0 Å². The zero-order valence-corrected chi connectivity index (χ0v) is 7.34. The molecule has 68 valence electrons. The van der Waals surface area contributed by atoms with Gasteiger partial charge in [0.2, 0.25) is 0 Å². The molecule has 2 atom stereocenters. The van der Waals surface area contributed by atoms with Crippen LogP contribution < -0.4 is 0 Å². The molecule has 2 heterocycles. The minimum absolute atomic E-state index is 0.00694. The molecule has 2 rings (SSSR count). The quantitative estimate of drug-likeness (QED) is 0.513. The van der Waals surface area contributed by atoms with Crippen LogP contribution in [0, 0.1) is 0 Å². The minimum Gasteiger partial charge on any atom is -0.459 e. The van der Waals surface area contributed by atoms with E-state index < -0.39 is 0 Å². The van der Waals surface area contributed by atoms with E-state index in [1.807, 2.05) is 6.92 Å². The molecule has 2 aliphatic heterocycles. The third-order valence-electron chi connectivity index (χ3n) is 2.82. The molecule has 0 aliphatic carbocycles. The van der Waals surface area contributed by atoms with Gasteiger partial charge in [-0.3, -0.25) is 4.79 Å². The van der Waals surface area contributed by atoms with Crippen molar-refractivity contribution in [2.75, 3.05) is 6.61 Å². The number of esters is 1. The highest BCUT2D eigenvalue weighted by molar-refractivity contribution is 5.70. The van der Waals surface area contributed by atoms with Crippen LogP contribution in [0.2, 0.25) is 0 Å². The van der Waals surface area contributed by atoms with Crippen LogP contribution in [0.1, 0.15) is 32.6 Å². The second-order valence-electron chi connectivity index (χ2n) is 3.78. The normalized spacial score (nSPS) is 41.8. The van der Waals surface area contributed by atoms with Crippen molar-refractivity contribution in [1.82, 2.24) is 0 Å². The fourth-order valence-corrected chi connectivity index (χ4v) is 1.96. The first-order chi connectivity index (χ1) is 5.71. The van der Waals surface area contributed by atoms with Gasteiger partial charge in [0.1, 0.15) is 11.7 Å². The Morgan fingerprint density at radius 1 is 1.58 bits per heavy atom. The maximum absolute atomic E-state index is 11.0. The van der Waals surface area contributed by atoms with Gasteiger partial charge >= 0.3 is 5.97 Å². The van der Waals surface area contributed by atoms with Crippen LogP contribution in [0.5, 0.6) is 0 Å². The molecule has 3 nitrogen and oxygen atoms in total. The van der Waals surface area contributed by atoms with Crippen molar-refractivity contribution in [3.63, 3.8) is 0 Å². The van der Waals surface area contributed by atoms with E-state index >= 15 is 0 Å². The van der Waals surface area contributed by atoms with Gasteiger partial charge in [-0.25, -0.2) is 0 Å². The second-order valence-corrected chi connectivity index (χ2v) is 3.78. The Kier molecular flexibility index (Phi) is 1.83. The van der Waals surface area contributed by atoms with Gasteiger partial charge in [-0.1, -0.05) is 0 Å². The van der Waals surface area contributed by atoms with Gasteiger partial charge in [0.15, 0.2) is 0 Å². The average Bonchev–Trinajstić information content (AvgIpc) is 2.06. The molecule has 0 amide bonds. The van der Waals surface area contributed by atoms with Gasteiger partial charge in [0.05, 0.1) is 0 Å². The molecule has 0 saturated carbocycles. The number of hydrogen-bond donors (Lipinski definition) is 0. The van der Waals surface area contributed by atoms with E-state index in [1.165, 1.54) is 0 Å². The predicted octanol–water partition coefficient (Wildman–Crippen LogP) is 1.26. The van der Waals surface area contributed by atoms with Crippen molar-refractivity contribution >= 4 is 5.97 Å². The topological polar surface area (TPSA) is 35.5 Å². The highest BCUT2D eigenvalue weighted by Crippen LogP contribution is 2.35. The van der Waals surface area contributed by atoms with E-state index in [9.17, 15) is 4.79 Å². The summed E-state index contributed by atoms with van der Waals surface area (Å²) in [6, 6.07) is 0. The van der Waals surface area contributed by atoms with E-state index in [0.29, 0.717) is 6.42 Å². The van der Waals surface area contributed by atoms with Gasteiger partial charge in [-0.2, -0.15) is 0 Å². The molecule has 3 heteroatoms. The summed E-state index contributed by atoms with van der Waals surface area (Å²) >= 11 is 0. The van der Waals surface area contributed by atoms with Crippen molar-refractivity contribution in [3.8, 4) is 0 Å². The molecule has 2 aliphatic rings. The highest BCUT2D eigenvalue weighted by Gasteiger charge is 2.43. The summed E-state index contributed by atoms with van der Waals surface area (Å²) in [5.41, 5.74) is -0.188. The van der Waals surface area contributed by atoms with Crippen LogP contribution in [0.15, 0.2) is 0 Å². The summed E-state index contributed by atoms with van der Waals surface area (Å²) in [6.07, 6.45) is 3.30. The van der Waals surface area contributed by atoms with Gasteiger partial charge < -0.3 is 9.47 Å². The van der Waals surface area contributed by atoms with Crippen LogP contribution >= 0.6 is 0 Å². The van der Waals surface area contributed by atoms with Gasteiger partial charge in [0.25, 0.3) is 0 Å². The molecule has 0 spiro atoms. The molecule has 0 N–H and O–H groups in total. The van der Waals surface area contributed by atoms with Crippen molar-refractivity contribution in [3.05, 3.63) is 0 Å². The van der Waals surface area contributed by atoms with E-state index in [0.717, 1.165) is 25.9 Å². The lowest BCUT2D eigenvalue weighted by atomic mass is 9.86. The fourth-order valence-electron chi connectivity index (χ4n) is 1.96. The number of fused-ring (bicyclic) bond motifs is 1. The first-order valence-corrected chi connectivity index (χ1v) is 4.54. The summed E-state index contributed by atoms with van der Waals surface area (Å²) in [6.45, 7) is 2.85. The first kappa shape index (κ1) is 8.05. The van der Waals surface area contributed by atoms with Gasteiger partial charge in [-0.15, -0.1) is 0 Å². The molecule has 12 heavy (non-hydrogen) atoms. The lowest BCUT2D eigenvalue weighted by Crippen LogP contribution is -2.51. The summed E-state index contributed by atoms with van der Waals surface area (Å²) in [7, 11) is 0. The summed E-state index contributed by atoms with van der Waals surface area (Å²) < 4.78 is 10.9. The number of ether oxygens (including phenoxy) is 2. The minimum atomic E-state index is -0.188. The molecule has 0 bridgehead atoms. The standard InChI is InChI=1S/C9H14O3/c1-9-5-4-8(10)12-7(9)3-2-6-11-9/h7H,2-6H2,1H3/t7-,9-/m0/s1. The lowest BCUT2D eigenvalue weighted by Gasteiger charge is -2.43. The van der Waals surface area contributed by atoms with E-state index in [1.54, 1.807) is 0 Å². The molecule has 0 unspecified atom stereocenters. The number of carbonyl (C=O) groups is 1.